The van der Waals surface area contributed by atoms with Crippen molar-refractivity contribution in [3.63, 3.8) is 0 Å². The van der Waals surface area contributed by atoms with Crippen LogP contribution in [-0.2, 0) is 14.3 Å². The van der Waals surface area contributed by atoms with E-state index in [0.29, 0.717) is 17.4 Å². The number of hydrogen-bond acceptors (Lipinski definition) is 5. The molecule has 1 aromatic heterocycles. The van der Waals surface area contributed by atoms with E-state index in [9.17, 15) is 9.59 Å². The molecule has 0 saturated carbocycles. The summed E-state index contributed by atoms with van der Waals surface area (Å²) in [5, 5.41) is 2.77. The Kier molecular flexibility index (Phi) is 5.07. The van der Waals surface area contributed by atoms with Crippen molar-refractivity contribution >= 4 is 28.9 Å². The first-order chi connectivity index (χ1) is 15.7. The zero-order valence-corrected chi connectivity index (χ0v) is 17.4. The topological polar surface area (TPSA) is 82.5 Å². The lowest BCUT2D eigenvalue weighted by atomic mass is 9.90. The summed E-state index contributed by atoms with van der Waals surface area (Å²) in [6.07, 6.45) is 0. The van der Waals surface area contributed by atoms with Crippen LogP contribution in [0.4, 0.5) is 5.95 Å². The van der Waals surface area contributed by atoms with Crippen LogP contribution in [0.3, 0.4) is 0 Å². The van der Waals surface area contributed by atoms with Gasteiger partial charge in [0.25, 0.3) is 0 Å². The predicted molar refractivity (Wildman–Crippen MR) is 120 cm³/mol. The molecule has 3 aromatic carbocycles. The summed E-state index contributed by atoms with van der Waals surface area (Å²) < 4.78 is 13.2. The largest absolute Gasteiger partial charge is 0.465 e. The van der Waals surface area contributed by atoms with Crippen LogP contribution in [0.5, 0.6) is 11.5 Å². The third-order valence-electron chi connectivity index (χ3n) is 5.43. The number of ether oxygens (including phenoxy) is 2. The van der Waals surface area contributed by atoms with E-state index in [0.717, 1.165) is 16.6 Å². The van der Waals surface area contributed by atoms with Crippen LogP contribution in [0.25, 0.3) is 11.0 Å². The molecular weight excluding hydrogens is 406 g/mol. The van der Waals surface area contributed by atoms with E-state index in [2.05, 4.69) is 10.3 Å². The Balaban J connectivity index is 1.65. The molecule has 5 rings (SSSR count). The Bertz CT molecular complexity index is 1300. The molecule has 1 N–H and O–H groups in total. The van der Waals surface area contributed by atoms with Gasteiger partial charge in [0.1, 0.15) is 11.5 Å². The van der Waals surface area contributed by atoms with Crippen molar-refractivity contribution in [2.24, 2.45) is 5.92 Å². The minimum absolute atomic E-state index is 0.185. The fourth-order valence-corrected chi connectivity index (χ4v) is 4.09. The monoisotopic (exact) mass is 427 g/mol. The Morgan fingerprint density at radius 2 is 1.75 bits per heavy atom. The first-order valence-corrected chi connectivity index (χ1v) is 10.4. The Morgan fingerprint density at radius 1 is 1.00 bits per heavy atom. The van der Waals surface area contributed by atoms with Crippen LogP contribution in [-0.4, -0.2) is 28.0 Å². The lowest BCUT2D eigenvalue weighted by Gasteiger charge is -2.32. The zero-order valence-electron chi connectivity index (χ0n) is 17.4. The molecule has 0 fully saturated rings. The van der Waals surface area contributed by atoms with Gasteiger partial charge in [-0.2, -0.15) is 0 Å². The highest BCUT2D eigenvalue weighted by Gasteiger charge is 2.44. The second-order valence-electron chi connectivity index (χ2n) is 7.45. The average molecular weight is 427 g/mol. The molecule has 2 heterocycles. The van der Waals surface area contributed by atoms with Crippen LogP contribution < -0.4 is 10.1 Å². The molecular formula is C25H21N3O4. The number of nitrogens with zero attached hydrogens (tertiary/aromatic N) is 2. The molecule has 4 aromatic rings. The van der Waals surface area contributed by atoms with Crippen LogP contribution >= 0.6 is 0 Å². The standard InChI is InChI=1S/C25H21N3O4/c1-2-31-24(30)21-22(16-9-8-12-18(15-16)32-17-10-4-3-5-11-17)28-20-14-7-6-13-19(20)26-25(28)27-23(21)29/h3-15,21-22H,2H2,1H3,(H,26,27,29)/t21-,22+/m0/s1. The summed E-state index contributed by atoms with van der Waals surface area (Å²) in [6.45, 7) is 1.91. The highest BCUT2D eigenvalue weighted by molar-refractivity contribution is 6.07. The van der Waals surface area contributed by atoms with Gasteiger partial charge >= 0.3 is 5.97 Å². The summed E-state index contributed by atoms with van der Waals surface area (Å²) in [4.78, 5) is 30.5. The molecule has 1 aliphatic heterocycles. The fourth-order valence-electron chi connectivity index (χ4n) is 4.09. The molecule has 7 heteroatoms. The van der Waals surface area contributed by atoms with E-state index in [1.165, 1.54) is 0 Å². The van der Waals surface area contributed by atoms with Gasteiger partial charge in [0.2, 0.25) is 11.9 Å². The quantitative estimate of drug-likeness (QED) is 0.373. The van der Waals surface area contributed by atoms with Crippen molar-refractivity contribution < 1.29 is 19.1 Å². The number of nitrogens with one attached hydrogen (secondary N) is 1. The second-order valence-corrected chi connectivity index (χ2v) is 7.45. The third kappa shape index (κ3) is 3.47. The van der Waals surface area contributed by atoms with E-state index >= 15 is 0 Å². The van der Waals surface area contributed by atoms with Crippen LogP contribution in [0, 0.1) is 5.92 Å². The molecule has 1 amide bonds. The molecule has 1 aliphatic rings. The molecule has 160 valence electrons. The van der Waals surface area contributed by atoms with Crippen molar-refractivity contribution in [3.8, 4) is 11.5 Å². The Hall–Kier alpha value is -4.13. The molecule has 2 atom stereocenters. The molecule has 0 saturated heterocycles. The number of para-hydroxylation sites is 3. The van der Waals surface area contributed by atoms with Crippen molar-refractivity contribution in [3.05, 3.63) is 84.4 Å². The SMILES string of the molecule is CCOC(=O)[C@@H]1C(=O)Nc2nc3ccccc3n2[C@@H]1c1cccc(Oc2ccccc2)c1. The van der Waals surface area contributed by atoms with E-state index < -0.39 is 23.8 Å². The first kappa shape index (κ1) is 19.8. The van der Waals surface area contributed by atoms with Crippen molar-refractivity contribution in [2.45, 2.75) is 13.0 Å². The smallest absolute Gasteiger partial charge is 0.321 e. The summed E-state index contributed by atoms with van der Waals surface area (Å²) in [7, 11) is 0. The first-order valence-electron chi connectivity index (χ1n) is 10.4. The highest BCUT2D eigenvalue weighted by Crippen LogP contribution is 2.39. The minimum atomic E-state index is -1.06. The van der Waals surface area contributed by atoms with Gasteiger partial charge in [-0.15, -0.1) is 0 Å². The maximum atomic E-state index is 13.0. The van der Waals surface area contributed by atoms with Crippen molar-refractivity contribution in [1.29, 1.82) is 0 Å². The van der Waals surface area contributed by atoms with Gasteiger partial charge in [-0.1, -0.05) is 42.5 Å². The van der Waals surface area contributed by atoms with Gasteiger partial charge in [0, 0.05) is 0 Å². The molecule has 0 spiro atoms. The number of carbonyl (C=O) groups is 2. The number of carbonyl (C=O) groups excluding carboxylic acids is 2. The van der Waals surface area contributed by atoms with E-state index in [1.54, 1.807) is 6.92 Å². The zero-order chi connectivity index (χ0) is 22.1. The van der Waals surface area contributed by atoms with Crippen molar-refractivity contribution in [2.75, 3.05) is 11.9 Å². The fraction of sp³-hybridized carbons (Fsp3) is 0.160. The van der Waals surface area contributed by atoms with Crippen LogP contribution in [0.1, 0.15) is 18.5 Å². The number of rotatable bonds is 5. The molecule has 0 radical (unpaired) electrons. The van der Waals surface area contributed by atoms with E-state index in [1.807, 2.05) is 83.4 Å². The molecule has 32 heavy (non-hydrogen) atoms. The highest BCUT2D eigenvalue weighted by atomic mass is 16.5. The van der Waals surface area contributed by atoms with E-state index in [4.69, 9.17) is 9.47 Å². The normalized spacial score (nSPS) is 17.5. The number of aromatic nitrogens is 2. The van der Waals surface area contributed by atoms with Gasteiger partial charge in [-0.25, -0.2) is 4.98 Å². The number of imidazole rings is 1. The third-order valence-corrected chi connectivity index (χ3v) is 5.43. The maximum absolute atomic E-state index is 13.0. The van der Waals surface area contributed by atoms with Gasteiger partial charge in [-0.3, -0.25) is 14.9 Å². The van der Waals surface area contributed by atoms with E-state index in [-0.39, 0.29) is 6.61 Å². The second kappa shape index (κ2) is 8.19. The number of anilines is 1. The molecule has 0 bridgehead atoms. The summed E-state index contributed by atoms with van der Waals surface area (Å²) in [5.74, 6) is -0.378. The van der Waals surface area contributed by atoms with Gasteiger partial charge in [-0.05, 0) is 48.9 Å². The summed E-state index contributed by atoms with van der Waals surface area (Å²) >= 11 is 0. The minimum Gasteiger partial charge on any atom is -0.465 e. The summed E-state index contributed by atoms with van der Waals surface area (Å²) in [5.41, 5.74) is 2.29. The molecule has 0 aliphatic carbocycles. The Morgan fingerprint density at radius 3 is 2.56 bits per heavy atom. The molecule has 7 nitrogen and oxygen atoms in total. The molecule has 0 unspecified atom stereocenters. The lowest BCUT2D eigenvalue weighted by Crippen LogP contribution is -2.43. The van der Waals surface area contributed by atoms with Crippen LogP contribution in [0.2, 0.25) is 0 Å². The van der Waals surface area contributed by atoms with Gasteiger partial charge < -0.3 is 14.0 Å². The maximum Gasteiger partial charge on any atom is 0.321 e. The number of hydrogen-bond donors (Lipinski definition) is 1. The number of fused-ring (bicyclic) bond motifs is 3. The number of esters is 1. The van der Waals surface area contributed by atoms with Crippen molar-refractivity contribution in [1.82, 2.24) is 9.55 Å². The number of amides is 1. The van der Waals surface area contributed by atoms with Gasteiger partial charge in [0.15, 0.2) is 5.92 Å². The van der Waals surface area contributed by atoms with Crippen LogP contribution in [0.15, 0.2) is 78.9 Å². The lowest BCUT2D eigenvalue weighted by molar-refractivity contribution is -0.152. The van der Waals surface area contributed by atoms with Gasteiger partial charge in [0.05, 0.1) is 23.7 Å². The average Bonchev–Trinajstić information content (AvgIpc) is 3.17. The Labute approximate surface area is 184 Å². The summed E-state index contributed by atoms with van der Waals surface area (Å²) in [6, 6.07) is 23.8. The predicted octanol–water partition coefficient (Wildman–Crippen LogP) is 4.55. The number of benzene rings is 3.